The summed E-state index contributed by atoms with van der Waals surface area (Å²) in [6, 6.07) is 1.35. The Morgan fingerprint density at radius 2 is 2.25 bits per heavy atom. The van der Waals surface area contributed by atoms with Crippen molar-refractivity contribution in [3.05, 3.63) is 22.2 Å². The van der Waals surface area contributed by atoms with E-state index < -0.39 is 0 Å². The molecule has 90 valence electrons. The molecule has 0 radical (unpaired) electrons. The quantitative estimate of drug-likeness (QED) is 0.790. The maximum absolute atomic E-state index is 11.3. The molecule has 0 spiro atoms. The van der Waals surface area contributed by atoms with E-state index in [1.54, 1.807) is 0 Å². The normalized spacial score (nSPS) is 12.4. The van der Waals surface area contributed by atoms with Crippen molar-refractivity contribution >= 4 is 0 Å². The SMILES string of the molecule is CCOCC(C)Oc1cc(=O)[nH]c(CC)n1. The van der Waals surface area contributed by atoms with Gasteiger partial charge in [0.25, 0.3) is 5.56 Å². The van der Waals surface area contributed by atoms with Crippen LogP contribution in [0.3, 0.4) is 0 Å². The Labute approximate surface area is 94.8 Å². The first-order valence-electron chi connectivity index (χ1n) is 5.50. The van der Waals surface area contributed by atoms with E-state index in [9.17, 15) is 4.79 Å². The summed E-state index contributed by atoms with van der Waals surface area (Å²) < 4.78 is 10.7. The highest BCUT2D eigenvalue weighted by molar-refractivity contribution is 5.09. The summed E-state index contributed by atoms with van der Waals surface area (Å²) in [7, 11) is 0. The minimum absolute atomic E-state index is 0.112. The van der Waals surface area contributed by atoms with Gasteiger partial charge in [0, 0.05) is 13.0 Å². The number of ether oxygens (including phenoxy) is 2. The highest BCUT2D eigenvalue weighted by Gasteiger charge is 2.06. The molecule has 0 aliphatic rings. The Balaban J connectivity index is 2.65. The predicted molar refractivity (Wildman–Crippen MR) is 60.8 cm³/mol. The molecule has 1 unspecified atom stereocenters. The minimum Gasteiger partial charge on any atom is -0.472 e. The van der Waals surface area contributed by atoms with E-state index in [1.165, 1.54) is 6.07 Å². The second kappa shape index (κ2) is 6.27. The Morgan fingerprint density at radius 1 is 1.50 bits per heavy atom. The van der Waals surface area contributed by atoms with Gasteiger partial charge in [-0.1, -0.05) is 6.92 Å². The van der Waals surface area contributed by atoms with E-state index in [2.05, 4.69) is 9.97 Å². The van der Waals surface area contributed by atoms with Gasteiger partial charge in [0.05, 0.1) is 12.7 Å². The minimum atomic E-state index is -0.189. The van der Waals surface area contributed by atoms with Crippen LogP contribution in [0.25, 0.3) is 0 Å². The third kappa shape index (κ3) is 4.02. The second-order valence-corrected chi connectivity index (χ2v) is 3.47. The summed E-state index contributed by atoms with van der Waals surface area (Å²) in [6.45, 7) is 6.87. The fourth-order valence-electron chi connectivity index (χ4n) is 1.24. The van der Waals surface area contributed by atoms with E-state index in [1.807, 2.05) is 20.8 Å². The standard InChI is InChI=1S/C11H18N2O3/c1-4-9-12-10(14)6-11(13-9)16-8(3)7-15-5-2/h6,8H,4-5,7H2,1-3H3,(H,12,13,14). The lowest BCUT2D eigenvalue weighted by atomic mass is 10.4. The van der Waals surface area contributed by atoms with Crippen LogP contribution in [0.2, 0.25) is 0 Å². The molecule has 0 saturated heterocycles. The number of aromatic nitrogens is 2. The summed E-state index contributed by atoms with van der Waals surface area (Å²) >= 11 is 0. The Morgan fingerprint density at radius 3 is 2.88 bits per heavy atom. The van der Waals surface area contributed by atoms with Crippen LogP contribution in [0.1, 0.15) is 26.6 Å². The van der Waals surface area contributed by atoms with Gasteiger partial charge in [-0.25, -0.2) is 4.98 Å². The summed E-state index contributed by atoms with van der Waals surface area (Å²) in [6.07, 6.45) is 0.561. The van der Waals surface area contributed by atoms with Crippen LogP contribution < -0.4 is 10.3 Å². The molecule has 0 fully saturated rings. The number of H-pyrrole nitrogens is 1. The van der Waals surface area contributed by atoms with Crippen molar-refractivity contribution < 1.29 is 9.47 Å². The fraction of sp³-hybridized carbons (Fsp3) is 0.636. The Hall–Kier alpha value is -1.36. The van der Waals surface area contributed by atoms with Gasteiger partial charge in [0.1, 0.15) is 11.9 Å². The van der Waals surface area contributed by atoms with E-state index >= 15 is 0 Å². The molecule has 1 heterocycles. The van der Waals surface area contributed by atoms with Crippen molar-refractivity contribution in [3.63, 3.8) is 0 Å². The zero-order valence-electron chi connectivity index (χ0n) is 9.95. The van der Waals surface area contributed by atoms with Crippen molar-refractivity contribution in [2.24, 2.45) is 0 Å². The van der Waals surface area contributed by atoms with Crippen molar-refractivity contribution in [1.29, 1.82) is 0 Å². The lowest BCUT2D eigenvalue weighted by molar-refractivity contribution is 0.0631. The first-order valence-corrected chi connectivity index (χ1v) is 5.50. The maximum Gasteiger partial charge on any atom is 0.254 e. The first kappa shape index (κ1) is 12.7. The van der Waals surface area contributed by atoms with Crippen LogP contribution in [-0.2, 0) is 11.2 Å². The lowest BCUT2D eigenvalue weighted by Gasteiger charge is -2.13. The summed E-state index contributed by atoms with van der Waals surface area (Å²) in [5.41, 5.74) is -0.189. The number of rotatable bonds is 6. The van der Waals surface area contributed by atoms with Gasteiger partial charge >= 0.3 is 0 Å². The van der Waals surface area contributed by atoms with Crippen LogP contribution in [0.5, 0.6) is 5.88 Å². The Kier molecular flexibility index (Phi) is 4.98. The molecular weight excluding hydrogens is 208 g/mol. The van der Waals surface area contributed by atoms with Gasteiger partial charge in [0.2, 0.25) is 5.88 Å². The van der Waals surface area contributed by atoms with E-state index in [-0.39, 0.29) is 11.7 Å². The van der Waals surface area contributed by atoms with Crippen LogP contribution in [0, 0.1) is 0 Å². The number of hydrogen-bond acceptors (Lipinski definition) is 4. The van der Waals surface area contributed by atoms with Crippen molar-refractivity contribution in [3.8, 4) is 5.88 Å². The number of nitrogens with one attached hydrogen (secondary N) is 1. The molecule has 1 atom stereocenters. The number of aromatic amines is 1. The molecule has 16 heavy (non-hydrogen) atoms. The average molecular weight is 226 g/mol. The number of aryl methyl sites for hydroxylation is 1. The summed E-state index contributed by atoms with van der Waals surface area (Å²) in [4.78, 5) is 18.1. The third-order valence-corrected chi connectivity index (χ3v) is 1.98. The van der Waals surface area contributed by atoms with Crippen LogP contribution >= 0.6 is 0 Å². The van der Waals surface area contributed by atoms with Crippen LogP contribution in [-0.4, -0.2) is 29.3 Å². The maximum atomic E-state index is 11.3. The second-order valence-electron chi connectivity index (χ2n) is 3.47. The molecule has 1 rings (SSSR count). The highest BCUT2D eigenvalue weighted by atomic mass is 16.5. The first-order chi connectivity index (χ1) is 7.65. The molecule has 0 saturated carbocycles. The molecule has 5 nitrogen and oxygen atoms in total. The third-order valence-electron chi connectivity index (χ3n) is 1.98. The molecule has 0 aliphatic carbocycles. The number of nitrogens with zero attached hydrogens (tertiary/aromatic N) is 1. The monoisotopic (exact) mass is 226 g/mol. The smallest absolute Gasteiger partial charge is 0.254 e. The van der Waals surface area contributed by atoms with Gasteiger partial charge in [-0.15, -0.1) is 0 Å². The lowest BCUT2D eigenvalue weighted by Crippen LogP contribution is -2.21. The molecule has 5 heteroatoms. The average Bonchev–Trinajstić information content (AvgIpc) is 2.25. The molecule has 0 aliphatic heterocycles. The molecule has 1 aromatic rings. The Bertz CT molecular complexity index is 376. The molecule has 1 N–H and O–H groups in total. The van der Waals surface area contributed by atoms with Crippen molar-refractivity contribution in [2.45, 2.75) is 33.3 Å². The van der Waals surface area contributed by atoms with Gasteiger partial charge in [-0.05, 0) is 13.8 Å². The van der Waals surface area contributed by atoms with E-state index in [0.717, 1.165) is 0 Å². The zero-order chi connectivity index (χ0) is 12.0. The van der Waals surface area contributed by atoms with Crippen LogP contribution in [0.4, 0.5) is 0 Å². The van der Waals surface area contributed by atoms with E-state index in [4.69, 9.17) is 9.47 Å². The van der Waals surface area contributed by atoms with Gasteiger partial charge < -0.3 is 14.5 Å². The zero-order valence-corrected chi connectivity index (χ0v) is 9.95. The van der Waals surface area contributed by atoms with Gasteiger partial charge in [-0.3, -0.25) is 4.79 Å². The van der Waals surface area contributed by atoms with Crippen LogP contribution in [0.15, 0.2) is 10.9 Å². The predicted octanol–water partition coefficient (Wildman–Crippen LogP) is 1.14. The topological polar surface area (TPSA) is 64.2 Å². The van der Waals surface area contributed by atoms with Crippen molar-refractivity contribution in [1.82, 2.24) is 9.97 Å². The molecular formula is C11H18N2O3. The van der Waals surface area contributed by atoms with Gasteiger partial charge in [0.15, 0.2) is 0 Å². The summed E-state index contributed by atoms with van der Waals surface area (Å²) in [5, 5.41) is 0. The fourth-order valence-corrected chi connectivity index (χ4v) is 1.24. The van der Waals surface area contributed by atoms with Crippen molar-refractivity contribution in [2.75, 3.05) is 13.2 Å². The largest absolute Gasteiger partial charge is 0.472 e. The molecule has 1 aromatic heterocycles. The molecule has 0 amide bonds. The molecule has 0 aromatic carbocycles. The van der Waals surface area contributed by atoms with Gasteiger partial charge in [-0.2, -0.15) is 0 Å². The number of hydrogen-bond donors (Lipinski definition) is 1. The molecule has 0 bridgehead atoms. The highest BCUT2D eigenvalue weighted by Crippen LogP contribution is 2.06. The summed E-state index contributed by atoms with van der Waals surface area (Å²) in [5.74, 6) is 0.985. The van der Waals surface area contributed by atoms with E-state index in [0.29, 0.717) is 31.3 Å².